The van der Waals surface area contributed by atoms with Gasteiger partial charge in [-0.3, -0.25) is 4.79 Å². The fraction of sp³-hybridized carbons (Fsp3) is 0.533. The number of amides is 1. The van der Waals surface area contributed by atoms with E-state index in [9.17, 15) is 4.79 Å². The first kappa shape index (κ1) is 13.1. The van der Waals surface area contributed by atoms with Crippen LogP contribution in [0.15, 0.2) is 24.3 Å². The molecule has 1 aliphatic rings. The van der Waals surface area contributed by atoms with Gasteiger partial charge in [0.15, 0.2) is 0 Å². The van der Waals surface area contributed by atoms with Crippen LogP contribution in [0.25, 0.3) is 0 Å². The smallest absolute Gasteiger partial charge is 0.253 e. The highest BCUT2D eigenvalue weighted by Crippen LogP contribution is 2.19. The largest absolute Gasteiger partial charge is 0.368 e. The molecule has 0 saturated carbocycles. The van der Waals surface area contributed by atoms with Crippen LogP contribution in [-0.4, -0.2) is 18.6 Å². The minimum Gasteiger partial charge on any atom is -0.368 e. The van der Waals surface area contributed by atoms with Crippen LogP contribution in [0.1, 0.15) is 44.6 Å². The second kappa shape index (κ2) is 6.01. The van der Waals surface area contributed by atoms with Crippen molar-refractivity contribution in [3.05, 3.63) is 29.8 Å². The van der Waals surface area contributed by atoms with E-state index in [1.807, 2.05) is 12.1 Å². The van der Waals surface area contributed by atoms with Crippen molar-refractivity contribution in [2.45, 2.75) is 45.1 Å². The molecule has 2 rings (SSSR count). The predicted octanol–water partition coefficient (Wildman–Crippen LogP) is 3.32. The van der Waals surface area contributed by atoms with Gasteiger partial charge in [-0.15, -0.1) is 0 Å². The maximum absolute atomic E-state index is 12.0. The Labute approximate surface area is 109 Å². The molecule has 1 atom stereocenters. The minimum absolute atomic E-state index is 0.0213. The number of rotatable bonds is 3. The minimum atomic E-state index is -0.275. The lowest BCUT2D eigenvalue weighted by molar-refractivity contribution is -0.129. The van der Waals surface area contributed by atoms with Crippen molar-refractivity contribution in [3.8, 4) is 0 Å². The van der Waals surface area contributed by atoms with Crippen molar-refractivity contribution in [2.75, 3.05) is 11.9 Å². The summed E-state index contributed by atoms with van der Waals surface area (Å²) < 4.78 is 5.46. The van der Waals surface area contributed by atoms with E-state index in [2.05, 4.69) is 31.3 Å². The van der Waals surface area contributed by atoms with E-state index in [0.29, 0.717) is 12.5 Å². The van der Waals surface area contributed by atoms with Crippen molar-refractivity contribution in [1.29, 1.82) is 0 Å². The lowest BCUT2D eigenvalue weighted by atomic mass is 10.0. The number of nitrogens with one attached hydrogen (secondary N) is 1. The average molecular weight is 247 g/mol. The molecule has 3 nitrogen and oxygen atoms in total. The van der Waals surface area contributed by atoms with E-state index >= 15 is 0 Å². The molecule has 18 heavy (non-hydrogen) atoms. The van der Waals surface area contributed by atoms with E-state index in [1.165, 1.54) is 5.56 Å². The molecule has 1 unspecified atom stereocenters. The first-order valence-corrected chi connectivity index (χ1v) is 6.69. The van der Waals surface area contributed by atoms with Gasteiger partial charge in [-0.25, -0.2) is 0 Å². The Morgan fingerprint density at radius 1 is 1.28 bits per heavy atom. The highest BCUT2D eigenvalue weighted by molar-refractivity contribution is 5.94. The van der Waals surface area contributed by atoms with Gasteiger partial charge in [-0.05, 0) is 42.9 Å². The lowest BCUT2D eigenvalue weighted by Gasteiger charge is -2.21. The van der Waals surface area contributed by atoms with Gasteiger partial charge in [-0.1, -0.05) is 26.0 Å². The van der Waals surface area contributed by atoms with E-state index in [1.54, 1.807) is 0 Å². The van der Waals surface area contributed by atoms with Gasteiger partial charge < -0.3 is 10.1 Å². The third kappa shape index (κ3) is 3.33. The molecule has 1 aliphatic heterocycles. The monoisotopic (exact) mass is 247 g/mol. The van der Waals surface area contributed by atoms with Gasteiger partial charge in [0.2, 0.25) is 0 Å². The van der Waals surface area contributed by atoms with Gasteiger partial charge in [0, 0.05) is 12.3 Å². The van der Waals surface area contributed by atoms with Crippen molar-refractivity contribution in [1.82, 2.24) is 0 Å². The SMILES string of the molecule is CC(C)c1ccc(NC(=O)C2CCCCO2)cc1. The second-order valence-electron chi connectivity index (χ2n) is 5.12. The number of carbonyl (C=O) groups is 1. The molecule has 1 N–H and O–H groups in total. The second-order valence-corrected chi connectivity index (χ2v) is 5.12. The molecule has 0 spiro atoms. The summed E-state index contributed by atoms with van der Waals surface area (Å²) in [6, 6.07) is 8.02. The maximum Gasteiger partial charge on any atom is 0.253 e. The van der Waals surface area contributed by atoms with Crippen molar-refractivity contribution in [3.63, 3.8) is 0 Å². The van der Waals surface area contributed by atoms with Crippen molar-refractivity contribution in [2.24, 2.45) is 0 Å². The van der Waals surface area contributed by atoms with Gasteiger partial charge in [0.25, 0.3) is 5.91 Å². The Morgan fingerprint density at radius 2 is 2.00 bits per heavy atom. The van der Waals surface area contributed by atoms with Crippen molar-refractivity contribution >= 4 is 11.6 Å². The molecule has 1 aromatic rings. The molecule has 1 saturated heterocycles. The van der Waals surface area contributed by atoms with Crippen LogP contribution >= 0.6 is 0 Å². The normalized spacial score (nSPS) is 19.8. The number of anilines is 1. The predicted molar refractivity (Wildman–Crippen MR) is 72.8 cm³/mol. The molecule has 3 heteroatoms. The third-order valence-electron chi connectivity index (χ3n) is 3.32. The number of hydrogen-bond acceptors (Lipinski definition) is 2. The number of benzene rings is 1. The van der Waals surface area contributed by atoms with E-state index < -0.39 is 0 Å². The topological polar surface area (TPSA) is 38.3 Å². The summed E-state index contributed by atoms with van der Waals surface area (Å²) in [6.45, 7) is 5.01. The van der Waals surface area contributed by atoms with Gasteiger partial charge in [0.1, 0.15) is 6.10 Å². The zero-order chi connectivity index (χ0) is 13.0. The quantitative estimate of drug-likeness (QED) is 0.889. The average Bonchev–Trinajstić information content (AvgIpc) is 2.40. The van der Waals surface area contributed by atoms with Gasteiger partial charge in [0.05, 0.1) is 0 Å². The molecule has 0 bridgehead atoms. The van der Waals surface area contributed by atoms with E-state index in [0.717, 1.165) is 24.9 Å². The van der Waals surface area contributed by atoms with Crippen LogP contribution in [0.3, 0.4) is 0 Å². The molecule has 0 aromatic heterocycles. The highest BCUT2D eigenvalue weighted by Gasteiger charge is 2.21. The highest BCUT2D eigenvalue weighted by atomic mass is 16.5. The van der Waals surface area contributed by atoms with Crippen LogP contribution in [0.2, 0.25) is 0 Å². The summed E-state index contributed by atoms with van der Waals surface area (Å²) in [6.07, 6.45) is 2.69. The molecule has 1 aromatic carbocycles. The van der Waals surface area contributed by atoms with Gasteiger partial charge >= 0.3 is 0 Å². The third-order valence-corrected chi connectivity index (χ3v) is 3.32. The maximum atomic E-state index is 12.0. The van der Waals surface area contributed by atoms with Crippen LogP contribution in [0, 0.1) is 0 Å². The summed E-state index contributed by atoms with van der Waals surface area (Å²) in [5, 5.41) is 2.91. The first-order chi connectivity index (χ1) is 8.66. The molecular weight excluding hydrogens is 226 g/mol. The Hall–Kier alpha value is -1.35. The zero-order valence-electron chi connectivity index (χ0n) is 11.1. The van der Waals surface area contributed by atoms with E-state index in [-0.39, 0.29) is 12.0 Å². The number of ether oxygens (including phenoxy) is 1. The fourth-order valence-electron chi connectivity index (χ4n) is 2.12. The van der Waals surface area contributed by atoms with E-state index in [4.69, 9.17) is 4.74 Å². The molecule has 0 radical (unpaired) electrons. The Balaban J connectivity index is 1.94. The summed E-state index contributed by atoms with van der Waals surface area (Å²) in [5.41, 5.74) is 2.13. The summed E-state index contributed by atoms with van der Waals surface area (Å²) in [5.74, 6) is 0.489. The van der Waals surface area contributed by atoms with Gasteiger partial charge in [-0.2, -0.15) is 0 Å². The van der Waals surface area contributed by atoms with Crippen LogP contribution < -0.4 is 5.32 Å². The molecule has 1 heterocycles. The molecule has 98 valence electrons. The lowest BCUT2D eigenvalue weighted by Crippen LogP contribution is -2.33. The zero-order valence-corrected chi connectivity index (χ0v) is 11.1. The Morgan fingerprint density at radius 3 is 2.56 bits per heavy atom. The Bertz CT molecular complexity index is 391. The summed E-state index contributed by atoms with van der Waals surface area (Å²) >= 11 is 0. The molecule has 0 aliphatic carbocycles. The first-order valence-electron chi connectivity index (χ1n) is 6.69. The fourth-order valence-corrected chi connectivity index (χ4v) is 2.12. The molecule has 1 fully saturated rings. The number of carbonyl (C=O) groups excluding carboxylic acids is 1. The Kier molecular flexibility index (Phi) is 4.37. The molecular formula is C15H21NO2. The molecule has 1 amide bonds. The van der Waals surface area contributed by atoms with Crippen LogP contribution in [-0.2, 0) is 9.53 Å². The summed E-state index contributed by atoms with van der Waals surface area (Å²) in [4.78, 5) is 12.0. The van der Waals surface area contributed by atoms with Crippen LogP contribution in [0.5, 0.6) is 0 Å². The van der Waals surface area contributed by atoms with Crippen LogP contribution in [0.4, 0.5) is 5.69 Å². The number of hydrogen-bond donors (Lipinski definition) is 1. The summed E-state index contributed by atoms with van der Waals surface area (Å²) in [7, 11) is 0. The van der Waals surface area contributed by atoms with Crippen molar-refractivity contribution < 1.29 is 9.53 Å². The standard InChI is InChI=1S/C15H21NO2/c1-11(2)12-6-8-13(9-7-12)16-15(17)14-5-3-4-10-18-14/h6-9,11,14H,3-5,10H2,1-2H3,(H,16,17).